The molecule has 0 aromatic carbocycles. The van der Waals surface area contributed by atoms with Crippen LogP contribution in [0.1, 0.15) is 32.0 Å². The van der Waals surface area contributed by atoms with Gasteiger partial charge in [0.1, 0.15) is 0 Å². The summed E-state index contributed by atoms with van der Waals surface area (Å²) >= 11 is 3.62. The second-order valence-corrected chi connectivity index (χ2v) is 6.02. The Balaban J connectivity index is 2.16. The zero-order valence-electron chi connectivity index (χ0n) is 12.6. The van der Waals surface area contributed by atoms with E-state index >= 15 is 0 Å². The largest absolute Gasteiger partial charge is 0.374 e. The molecule has 20 heavy (non-hydrogen) atoms. The minimum absolute atomic E-state index is 0.159. The van der Waals surface area contributed by atoms with E-state index in [1.807, 2.05) is 17.9 Å². The van der Waals surface area contributed by atoms with E-state index < -0.39 is 0 Å². The molecule has 0 saturated carbocycles. The molecule has 1 N–H and O–H groups in total. The maximum atomic E-state index is 6.02. The number of likely N-dealkylation sites (N-methyl/N-ethyl adjacent to an activating group) is 1. The third-order valence-corrected chi connectivity index (χ3v) is 4.44. The minimum Gasteiger partial charge on any atom is -0.374 e. The third kappa shape index (κ3) is 3.42. The van der Waals surface area contributed by atoms with Gasteiger partial charge in [-0.2, -0.15) is 5.10 Å². The van der Waals surface area contributed by atoms with Crippen molar-refractivity contribution in [2.75, 3.05) is 33.3 Å². The van der Waals surface area contributed by atoms with E-state index in [0.717, 1.165) is 37.3 Å². The highest BCUT2D eigenvalue weighted by atomic mass is 79.9. The van der Waals surface area contributed by atoms with Gasteiger partial charge in [0.05, 0.1) is 35.1 Å². The molecule has 1 saturated heterocycles. The van der Waals surface area contributed by atoms with E-state index in [0.29, 0.717) is 0 Å². The highest BCUT2D eigenvalue weighted by Crippen LogP contribution is 2.28. The normalized spacial score (nSPS) is 22.1. The summed E-state index contributed by atoms with van der Waals surface area (Å²) in [6.45, 7) is 9.16. The van der Waals surface area contributed by atoms with Crippen molar-refractivity contribution in [1.82, 2.24) is 20.0 Å². The first-order chi connectivity index (χ1) is 9.71. The molecule has 1 aliphatic heterocycles. The van der Waals surface area contributed by atoms with Crippen LogP contribution in [0.3, 0.4) is 0 Å². The van der Waals surface area contributed by atoms with Crippen molar-refractivity contribution in [1.29, 1.82) is 0 Å². The van der Waals surface area contributed by atoms with Gasteiger partial charge in [-0.15, -0.1) is 0 Å². The fourth-order valence-electron chi connectivity index (χ4n) is 2.88. The molecule has 2 unspecified atom stereocenters. The van der Waals surface area contributed by atoms with E-state index in [1.165, 1.54) is 12.1 Å². The van der Waals surface area contributed by atoms with Gasteiger partial charge in [-0.1, -0.05) is 6.92 Å². The molecular weight excluding hydrogens is 320 g/mol. The Hall–Kier alpha value is -0.430. The predicted molar refractivity (Wildman–Crippen MR) is 83.9 cm³/mol. The second kappa shape index (κ2) is 7.54. The van der Waals surface area contributed by atoms with Crippen molar-refractivity contribution in [3.05, 3.63) is 16.4 Å². The standard InChI is InChI=1S/C14H25BrN4O/c1-4-6-18-7-8-20-12(10-18)13(16-3)14-11(15)9-17-19(14)5-2/h9,12-13,16H,4-8,10H2,1-3H3. The van der Waals surface area contributed by atoms with Gasteiger partial charge in [0.15, 0.2) is 0 Å². The molecule has 114 valence electrons. The molecule has 0 spiro atoms. The number of nitrogens with zero attached hydrogens (tertiary/aromatic N) is 3. The van der Waals surface area contributed by atoms with Crippen molar-refractivity contribution in [3.63, 3.8) is 0 Å². The monoisotopic (exact) mass is 344 g/mol. The number of aryl methyl sites for hydroxylation is 1. The fraction of sp³-hybridized carbons (Fsp3) is 0.786. The predicted octanol–water partition coefficient (Wildman–Crippen LogP) is 2.04. The van der Waals surface area contributed by atoms with E-state index in [2.05, 4.69) is 45.1 Å². The first kappa shape index (κ1) is 15.9. The van der Waals surface area contributed by atoms with Gasteiger partial charge in [0.2, 0.25) is 0 Å². The van der Waals surface area contributed by atoms with Crippen molar-refractivity contribution in [2.45, 2.75) is 39.0 Å². The Bertz CT molecular complexity index is 421. The summed E-state index contributed by atoms with van der Waals surface area (Å²) in [6.07, 6.45) is 3.22. The molecule has 1 fully saturated rings. The van der Waals surface area contributed by atoms with Crippen LogP contribution >= 0.6 is 15.9 Å². The molecular formula is C14H25BrN4O. The smallest absolute Gasteiger partial charge is 0.0912 e. The number of hydrogen-bond acceptors (Lipinski definition) is 4. The number of rotatable bonds is 6. The molecule has 2 heterocycles. The zero-order chi connectivity index (χ0) is 14.5. The average Bonchev–Trinajstić information content (AvgIpc) is 2.82. The summed E-state index contributed by atoms with van der Waals surface area (Å²) in [4.78, 5) is 2.49. The third-order valence-electron chi connectivity index (χ3n) is 3.83. The van der Waals surface area contributed by atoms with Crippen LogP contribution in [0.15, 0.2) is 10.7 Å². The fourth-order valence-corrected chi connectivity index (χ4v) is 3.43. The lowest BCUT2D eigenvalue weighted by molar-refractivity contribution is -0.0473. The summed E-state index contributed by atoms with van der Waals surface area (Å²) < 4.78 is 9.11. The summed E-state index contributed by atoms with van der Waals surface area (Å²) in [5.74, 6) is 0. The van der Waals surface area contributed by atoms with Crippen LogP contribution in [-0.4, -0.2) is 54.1 Å². The maximum Gasteiger partial charge on any atom is 0.0912 e. The highest BCUT2D eigenvalue weighted by molar-refractivity contribution is 9.10. The summed E-state index contributed by atoms with van der Waals surface area (Å²) in [7, 11) is 1.99. The molecule has 1 aliphatic rings. The Morgan fingerprint density at radius 1 is 1.55 bits per heavy atom. The number of hydrogen-bond donors (Lipinski definition) is 1. The van der Waals surface area contributed by atoms with Gasteiger partial charge in [-0.05, 0) is 42.9 Å². The number of halogens is 1. The van der Waals surface area contributed by atoms with Crippen LogP contribution in [-0.2, 0) is 11.3 Å². The lowest BCUT2D eigenvalue weighted by Crippen LogP contribution is -2.48. The van der Waals surface area contributed by atoms with Crippen LogP contribution in [0.5, 0.6) is 0 Å². The Morgan fingerprint density at radius 2 is 2.35 bits per heavy atom. The van der Waals surface area contributed by atoms with Crippen molar-refractivity contribution in [2.24, 2.45) is 0 Å². The summed E-state index contributed by atoms with van der Waals surface area (Å²) in [6, 6.07) is 0.159. The second-order valence-electron chi connectivity index (χ2n) is 5.17. The van der Waals surface area contributed by atoms with Gasteiger partial charge < -0.3 is 10.1 Å². The van der Waals surface area contributed by atoms with E-state index in [9.17, 15) is 0 Å². The van der Waals surface area contributed by atoms with Crippen LogP contribution in [0.4, 0.5) is 0 Å². The lowest BCUT2D eigenvalue weighted by Gasteiger charge is -2.37. The molecule has 5 nitrogen and oxygen atoms in total. The molecule has 0 radical (unpaired) electrons. The molecule has 0 aliphatic carbocycles. The molecule has 1 aromatic rings. The molecule has 0 amide bonds. The molecule has 2 rings (SSSR count). The number of nitrogens with one attached hydrogen (secondary N) is 1. The Kier molecular flexibility index (Phi) is 6.01. The van der Waals surface area contributed by atoms with Crippen LogP contribution in [0.25, 0.3) is 0 Å². The Morgan fingerprint density at radius 3 is 3.00 bits per heavy atom. The minimum atomic E-state index is 0.159. The SMILES string of the molecule is CCCN1CCOC(C(NC)c2c(Br)cnn2CC)C1. The first-order valence-electron chi connectivity index (χ1n) is 7.43. The number of ether oxygens (including phenoxy) is 1. The quantitative estimate of drug-likeness (QED) is 0.857. The van der Waals surface area contributed by atoms with E-state index in [-0.39, 0.29) is 12.1 Å². The van der Waals surface area contributed by atoms with Crippen molar-refractivity contribution >= 4 is 15.9 Å². The number of aromatic nitrogens is 2. The average molecular weight is 345 g/mol. The molecule has 6 heteroatoms. The summed E-state index contributed by atoms with van der Waals surface area (Å²) in [5.41, 5.74) is 1.18. The topological polar surface area (TPSA) is 42.3 Å². The van der Waals surface area contributed by atoms with Crippen LogP contribution in [0, 0.1) is 0 Å². The van der Waals surface area contributed by atoms with Crippen LogP contribution < -0.4 is 5.32 Å². The van der Waals surface area contributed by atoms with Crippen molar-refractivity contribution in [3.8, 4) is 0 Å². The molecule has 0 bridgehead atoms. The van der Waals surface area contributed by atoms with Gasteiger partial charge in [-0.3, -0.25) is 9.58 Å². The molecule has 2 atom stereocenters. The molecule has 1 aromatic heterocycles. The van der Waals surface area contributed by atoms with Gasteiger partial charge in [0.25, 0.3) is 0 Å². The Labute approximate surface area is 129 Å². The van der Waals surface area contributed by atoms with Crippen molar-refractivity contribution < 1.29 is 4.74 Å². The maximum absolute atomic E-state index is 6.02. The van der Waals surface area contributed by atoms with Gasteiger partial charge in [-0.25, -0.2) is 0 Å². The first-order valence-corrected chi connectivity index (χ1v) is 8.22. The van der Waals surface area contributed by atoms with Crippen LogP contribution in [0.2, 0.25) is 0 Å². The van der Waals surface area contributed by atoms with Gasteiger partial charge >= 0.3 is 0 Å². The zero-order valence-corrected chi connectivity index (χ0v) is 14.2. The van der Waals surface area contributed by atoms with Gasteiger partial charge in [0, 0.05) is 19.6 Å². The highest BCUT2D eigenvalue weighted by Gasteiger charge is 2.31. The number of morpholine rings is 1. The van der Waals surface area contributed by atoms with E-state index in [4.69, 9.17) is 4.74 Å². The lowest BCUT2D eigenvalue weighted by atomic mass is 10.1. The van der Waals surface area contributed by atoms with E-state index in [1.54, 1.807) is 0 Å². The summed E-state index contributed by atoms with van der Waals surface area (Å²) in [5, 5.41) is 7.82.